The molecule has 1 N–H and O–H groups in total. The maximum absolute atomic E-state index is 12.6. The van der Waals surface area contributed by atoms with Crippen molar-refractivity contribution in [3.05, 3.63) is 75.7 Å². The van der Waals surface area contributed by atoms with Crippen LogP contribution >= 0.6 is 23.1 Å². The Kier molecular flexibility index (Phi) is 5.33. The number of aryl methyl sites for hydroxylation is 2. The average Bonchev–Trinajstić information content (AvgIpc) is 3.06. The van der Waals surface area contributed by atoms with Crippen LogP contribution in [0.3, 0.4) is 0 Å². The highest BCUT2D eigenvalue weighted by molar-refractivity contribution is 7.98. The van der Waals surface area contributed by atoms with E-state index in [4.69, 9.17) is 0 Å². The smallest absolute Gasteiger partial charge is 0.266 e. The van der Waals surface area contributed by atoms with Gasteiger partial charge in [-0.05, 0) is 66.2 Å². The van der Waals surface area contributed by atoms with E-state index in [1.54, 1.807) is 24.2 Å². The SMILES string of the molecule is Cc1ccc(NC(=O)c2sccc2SCc2ccncc2)cc1C. The fourth-order valence-electron chi connectivity index (χ4n) is 2.22. The van der Waals surface area contributed by atoms with Gasteiger partial charge in [0, 0.05) is 28.7 Å². The Morgan fingerprint density at radius 2 is 1.92 bits per heavy atom. The lowest BCUT2D eigenvalue weighted by atomic mass is 10.1. The molecule has 3 aromatic rings. The zero-order chi connectivity index (χ0) is 16.9. The van der Waals surface area contributed by atoms with Crippen LogP contribution < -0.4 is 5.32 Å². The Labute approximate surface area is 150 Å². The second kappa shape index (κ2) is 7.64. The van der Waals surface area contributed by atoms with Crippen LogP contribution in [0.5, 0.6) is 0 Å². The minimum Gasteiger partial charge on any atom is -0.321 e. The van der Waals surface area contributed by atoms with Crippen LogP contribution in [0.25, 0.3) is 0 Å². The highest BCUT2D eigenvalue weighted by atomic mass is 32.2. The van der Waals surface area contributed by atoms with E-state index in [2.05, 4.69) is 17.2 Å². The average molecular weight is 355 g/mol. The van der Waals surface area contributed by atoms with Gasteiger partial charge in [-0.2, -0.15) is 0 Å². The van der Waals surface area contributed by atoms with Gasteiger partial charge in [-0.25, -0.2) is 0 Å². The number of thiophene rings is 1. The van der Waals surface area contributed by atoms with Gasteiger partial charge in [-0.3, -0.25) is 9.78 Å². The van der Waals surface area contributed by atoms with Gasteiger partial charge in [0.15, 0.2) is 0 Å². The minimum absolute atomic E-state index is 0.0505. The molecule has 0 aliphatic carbocycles. The van der Waals surface area contributed by atoms with Gasteiger partial charge in [0.25, 0.3) is 5.91 Å². The van der Waals surface area contributed by atoms with Crippen molar-refractivity contribution in [1.82, 2.24) is 4.98 Å². The molecule has 122 valence electrons. The van der Waals surface area contributed by atoms with Crippen LogP contribution in [0.2, 0.25) is 0 Å². The predicted octanol–water partition coefficient (Wildman–Crippen LogP) is 5.30. The molecule has 2 aromatic heterocycles. The van der Waals surface area contributed by atoms with Gasteiger partial charge in [0.1, 0.15) is 4.88 Å². The number of hydrogen-bond acceptors (Lipinski definition) is 4. The lowest BCUT2D eigenvalue weighted by molar-refractivity contribution is 0.102. The van der Waals surface area contributed by atoms with Crippen LogP contribution in [-0.2, 0) is 5.75 Å². The number of hydrogen-bond donors (Lipinski definition) is 1. The summed E-state index contributed by atoms with van der Waals surface area (Å²) in [5.41, 5.74) is 4.42. The first kappa shape index (κ1) is 16.7. The predicted molar refractivity (Wildman–Crippen MR) is 102 cm³/mol. The maximum atomic E-state index is 12.6. The number of anilines is 1. The van der Waals surface area contributed by atoms with Crippen molar-refractivity contribution in [1.29, 1.82) is 0 Å². The number of benzene rings is 1. The highest BCUT2D eigenvalue weighted by Gasteiger charge is 2.14. The largest absolute Gasteiger partial charge is 0.321 e. The molecule has 24 heavy (non-hydrogen) atoms. The molecular formula is C19H18N2OS2. The van der Waals surface area contributed by atoms with Crippen molar-refractivity contribution in [3.8, 4) is 0 Å². The monoisotopic (exact) mass is 354 g/mol. The Bertz CT molecular complexity index is 844. The topological polar surface area (TPSA) is 42.0 Å². The van der Waals surface area contributed by atoms with Gasteiger partial charge < -0.3 is 5.32 Å². The first-order chi connectivity index (χ1) is 11.6. The lowest BCUT2D eigenvalue weighted by Crippen LogP contribution is -2.11. The van der Waals surface area contributed by atoms with Gasteiger partial charge in [0.05, 0.1) is 0 Å². The second-order valence-corrected chi connectivity index (χ2v) is 7.44. The summed E-state index contributed by atoms with van der Waals surface area (Å²) in [6.07, 6.45) is 3.58. The maximum Gasteiger partial charge on any atom is 0.266 e. The van der Waals surface area contributed by atoms with Crippen LogP contribution in [0, 0.1) is 13.8 Å². The van der Waals surface area contributed by atoms with Crippen LogP contribution in [0.15, 0.2) is 59.1 Å². The summed E-state index contributed by atoms with van der Waals surface area (Å²) in [4.78, 5) is 18.4. The van der Waals surface area contributed by atoms with Crippen molar-refractivity contribution in [2.75, 3.05) is 5.32 Å². The number of rotatable bonds is 5. The third kappa shape index (κ3) is 4.04. The van der Waals surface area contributed by atoms with Gasteiger partial charge in [0.2, 0.25) is 0 Å². The molecule has 3 nitrogen and oxygen atoms in total. The molecule has 0 saturated heterocycles. The van der Waals surface area contributed by atoms with E-state index < -0.39 is 0 Å². The number of amides is 1. The zero-order valence-electron chi connectivity index (χ0n) is 13.6. The molecule has 0 spiro atoms. The van der Waals surface area contributed by atoms with Gasteiger partial charge in [-0.1, -0.05) is 6.07 Å². The molecule has 0 unspecified atom stereocenters. The molecule has 2 heterocycles. The summed E-state index contributed by atoms with van der Waals surface area (Å²) in [6, 6.07) is 12.0. The minimum atomic E-state index is -0.0505. The molecule has 5 heteroatoms. The Balaban J connectivity index is 1.69. The van der Waals surface area contributed by atoms with Crippen molar-refractivity contribution in [2.24, 2.45) is 0 Å². The van der Waals surface area contributed by atoms with E-state index in [1.807, 2.05) is 48.7 Å². The third-order valence-corrected chi connectivity index (χ3v) is 5.92. The highest BCUT2D eigenvalue weighted by Crippen LogP contribution is 2.30. The summed E-state index contributed by atoms with van der Waals surface area (Å²) >= 11 is 3.15. The molecule has 1 aromatic carbocycles. The first-order valence-electron chi connectivity index (χ1n) is 7.61. The summed E-state index contributed by atoms with van der Waals surface area (Å²) < 4.78 is 0. The van der Waals surface area contributed by atoms with Crippen molar-refractivity contribution >= 4 is 34.7 Å². The molecule has 0 aliphatic heterocycles. The molecule has 0 aliphatic rings. The van der Waals surface area contributed by atoms with Gasteiger partial charge in [-0.15, -0.1) is 23.1 Å². The zero-order valence-corrected chi connectivity index (χ0v) is 15.2. The van der Waals surface area contributed by atoms with Gasteiger partial charge >= 0.3 is 0 Å². The van der Waals surface area contributed by atoms with Crippen LogP contribution in [-0.4, -0.2) is 10.9 Å². The van der Waals surface area contributed by atoms with E-state index in [9.17, 15) is 4.79 Å². The number of nitrogens with zero attached hydrogens (tertiary/aromatic N) is 1. The lowest BCUT2D eigenvalue weighted by Gasteiger charge is -2.08. The molecule has 3 rings (SSSR count). The summed E-state index contributed by atoms with van der Waals surface area (Å²) in [5, 5.41) is 4.96. The fourth-order valence-corrected chi connectivity index (χ4v) is 4.22. The molecule has 1 amide bonds. The number of thioether (sulfide) groups is 1. The van der Waals surface area contributed by atoms with E-state index in [0.717, 1.165) is 21.2 Å². The Morgan fingerprint density at radius 3 is 2.67 bits per heavy atom. The van der Waals surface area contributed by atoms with Crippen molar-refractivity contribution in [2.45, 2.75) is 24.5 Å². The molecule has 0 fully saturated rings. The molecule has 0 radical (unpaired) electrons. The summed E-state index contributed by atoms with van der Waals surface area (Å²) in [5.74, 6) is 0.772. The standard InChI is InChI=1S/C19H18N2OS2/c1-13-3-4-16(11-14(13)2)21-19(22)18-17(7-10-23-18)24-12-15-5-8-20-9-6-15/h3-11H,12H2,1-2H3,(H,21,22). The van der Waals surface area contributed by atoms with Crippen LogP contribution in [0.1, 0.15) is 26.4 Å². The number of carbonyl (C=O) groups is 1. The Morgan fingerprint density at radius 1 is 1.12 bits per heavy atom. The quantitative estimate of drug-likeness (QED) is 0.632. The number of nitrogens with one attached hydrogen (secondary N) is 1. The number of carbonyl (C=O) groups excluding carboxylic acids is 1. The second-order valence-electron chi connectivity index (χ2n) is 5.51. The summed E-state index contributed by atoms with van der Waals surface area (Å²) in [7, 11) is 0. The van der Waals surface area contributed by atoms with E-state index >= 15 is 0 Å². The van der Waals surface area contributed by atoms with E-state index in [0.29, 0.717) is 0 Å². The number of aromatic nitrogens is 1. The Hall–Kier alpha value is -2.11. The van der Waals surface area contributed by atoms with E-state index in [1.165, 1.54) is 28.0 Å². The number of pyridine rings is 1. The molecule has 0 atom stereocenters. The summed E-state index contributed by atoms with van der Waals surface area (Å²) in [6.45, 7) is 4.11. The van der Waals surface area contributed by atoms with Crippen molar-refractivity contribution in [3.63, 3.8) is 0 Å². The molecular weight excluding hydrogens is 336 g/mol. The van der Waals surface area contributed by atoms with Crippen molar-refractivity contribution < 1.29 is 4.79 Å². The normalized spacial score (nSPS) is 10.6. The molecule has 0 bridgehead atoms. The third-order valence-electron chi connectivity index (χ3n) is 3.74. The fraction of sp³-hybridized carbons (Fsp3) is 0.158. The van der Waals surface area contributed by atoms with Crippen LogP contribution in [0.4, 0.5) is 5.69 Å². The molecule has 0 saturated carbocycles. The first-order valence-corrected chi connectivity index (χ1v) is 9.48. The van der Waals surface area contributed by atoms with E-state index in [-0.39, 0.29) is 5.91 Å².